The van der Waals surface area contributed by atoms with Crippen LogP contribution in [-0.2, 0) is 0 Å². The standard InChI is InChI=1S/C11H7Br2ClN2OS/c12-9-4-6(10(13)18-9)11(17)16-8-2-1-5(14)3-7(8)15/h1-4H,15H2,(H,16,17). The lowest BCUT2D eigenvalue weighted by atomic mass is 10.2. The largest absolute Gasteiger partial charge is 0.397 e. The number of benzene rings is 1. The van der Waals surface area contributed by atoms with E-state index >= 15 is 0 Å². The van der Waals surface area contributed by atoms with Gasteiger partial charge < -0.3 is 11.1 Å². The van der Waals surface area contributed by atoms with Crippen LogP contribution in [0, 0.1) is 0 Å². The monoisotopic (exact) mass is 408 g/mol. The van der Waals surface area contributed by atoms with E-state index in [1.807, 2.05) is 0 Å². The zero-order chi connectivity index (χ0) is 13.3. The number of nitrogens with one attached hydrogen (secondary N) is 1. The molecule has 0 spiro atoms. The van der Waals surface area contributed by atoms with E-state index in [1.165, 1.54) is 11.3 Å². The van der Waals surface area contributed by atoms with Gasteiger partial charge in [0, 0.05) is 5.02 Å². The second-order valence-corrected chi connectivity index (χ2v) is 7.61. The van der Waals surface area contributed by atoms with Crippen molar-refractivity contribution in [2.45, 2.75) is 0 Å². The minimum Gasteiger partial charge on any atom is -0.397 e. The Labute approximate surface area is 130 Å². The van der Waals surface area contributed by atoms with E-state index in [2.05, 4.69) is 37.2 Å². The number of amides is 1. The smallest absolute Gasteiger partial charge is 0.257 e. The van der Waals surface area contributed by atoms with Gasteiger partial charge in [-0.1, -0.05) is 11.6 Å². The first kappa shape index (κ1) is 13.9. The van der Waals surface area contributed by atoms with E-state index in [4.69, 9.17) is 17.3 Å². The molecule has 0 saturated carbocycles. The summed E-state index contributed by atoms with van der Waals surface area (Å²) in [4.78, 5) is 12.0. The van der Waals surface area contributed by atoms with Crippen molar-refractivity contribution in [2.75, 3.05) is 11.1 Å². The summed E-state index contributed by atoms with van der Waals surface area (Å²) in [5.41, 5.74) is 7.30. The molecule has 0 aliphatic carbocycles. The van der Waals surface area contributed by atoms with Gasteiger partial charge in [0.15, 0.2) is 0 Å². The summed E-state index contributed by atoms with van der Waals surface area (Å²) in [5, 5.41) is 3.27. The molecule has 1 amide bonds. The maximum Gasteiger partial charge on any atom is 0.257 e. The summed E-state index contributed by atoms with van der Waals surface area (Å²) in [7, 11) is 0. The zero-order valence-electron chi connectivity index (χ0n) is 8.84. The molecule has 0 aliphatic heterocycles. The van der Waals surface area contributed by atoms with Crippen LogP contribution in [0.5, 0.6) is 0 Å². The van der Waals surface area contributed by atoms with Gasteiger partial charge in [0.05, 0.1) is 24.5 Å². The van der Waals surface area contributed by atoms with Crippen molar-refractivity contribution in [1.82, 2.24) is 0 Å². The van der Waals surface area contributed by atoms with Crippen LogP contribution >= 0.6 is 54.8 Å². The minimum atomic E-state index is -0.224. The highest BCUT2D eigenvalue weighted by atomic mass is 79.9. The predicted molar refractivity (Wildman–Crippen MR) is 83.5 cm³/mol. The first-order valence-electron chi connectivity index (χ1n) is 4.78. The molecule has 0 unspecified atom stereocenters. The maximum absolute atomic E-state index is 12.0. The molecule has 3 nitrogen and oxygen atoms in total. The molecule has 0 radical (unpaired) electrons. The van der Waals surface area contributed by atoms with Crippen LogP contribution in [-0.4, -0.2) is 5.91 Å². The van der Waals surface area contributed by atoms with E-state index in [9.17, 15) is 4.79 Å². The third-order valence-corrected chi connectivity index (χ3v) is 4.74. The topological polar surface area (TPSA) is 55.1 Å². The molecular weight excluding hydrogens is 403 g/mol. The molecule has 2 aromatic rings. The van der Waals surface area contributed by atoms with Gasteiger partial charge in [-0.3, -0.25) is 4.79 Å². The van der Waals surface area contributed by atoms with Gasteiger partial charge in [-0.25, -0.2) is 0 Å². The Balaban J connectivity index is 2.24. The van der Waals surface area contributed by atoms with Crippen LogP contribution in [0.4, 0.5) is 11.4 Å². The second kappa shape index (κ2) is 5.61. The Kier molecular flexibility index (Phi) is 4.32. The number of hydrogen-bond acceptors (Lipinski definition) is 3. The number of halogens is 3. The van der Waals surface area contributed by atoms with Crippen molar-refractivity contribution in [2.24, 2.45) is 0 Å². The zero-order valence-corrected chi connectivity index (χ0v) is 13.6. The van der Waals surface area contributed by atoms with Crippen molar-refractivity contribution < 1.29 is 4.79 Å². The highest BCUT2D eigenvalue weighted by Crippen LogP contribution is 2.32. The summed E-state index contributed by atoms with van der Waals surface area (Å²) in [5.74, 6) is -0.224. The minimum absolute atomic E-state index is 0.224. The average Bonchev–Trinajstić information content (AvgIpc) is 2.62. The third-order valence-electron chi connectivity index (χ3n) is 2.16. The van der Waals surface area contributed by atoms with E-state index in [0.717, 1.165) is 7.57 Å². The Hall–Kier alpha value is -0.560. The summed E-state index contributed by atoms with van der Waals surface area (Å²) in [6.45, 7) is 0. The van der Waals surface area contributed by atoms with Gasteiger partial charge in [0.1, 0.15) is 0 Å². The molecule has 1 aromatic carbocycles. The van der Waals surface area contributed by atoms with E-state index in [1.54, 1.807) is 24.3 Å². The quantitative estimate of drug-likeness (QED) is 0.702. The molecular formula is C11H7Br2ClN2OS. The fraction of sp³-hybridized carbons (Fsp3) is 0. The van der Waals surface area contributed by atoms with Crippen LogP contribution in [0.3, 0.4) is 0 Å². The Morgan fingerprint density at radius 1 is 1.33 bits per heavy atom. The van der Waals surface area contributed by atoms with Gasteiger partial charge in [0.2, 0.25) is 0 Å². The summed E-state index contributed by atoms with van der Waals surface area (Å²) < 4.78 is 1.64. The lowest BCUT2D eigenvalue weighted by molar-refractivity contribution is 0.102. The fourth-order valence-corrected chi connectivity index (χ4v) is 4.31. The van der Waals surface area contributed by atoms with Crippen LogP contribution in [0.25, 0.3) is 0 Å². The summed E-state index contributed by atoms with van der Waals surface area (Å²) in [6.07, 6.45) is 0. The van der Waals surface area contributed by atoms with E-state index < -0.39 is 0 Å². The summed E-state index contributed by atoms with van der Waals surface area (Å²) >= 11 is 13.9. The van der Waals surface area contributed by atoms with Crippen molar-refractivity contribution in [1.29, 1.82) is 0 Å². The fourth-order valence-electron chi connectivity index (χ4n) is 1.33. The van der Waals surface area contributed by atoms with Gasteiger partial charge >= 0.3 is 0 Å². The molecule has 3 N–H and O–H groups in total. The molecule has 1 aromatic heterocycles. The van der Waals surface area contributed by atoms with Crippen LogP contribution in [0.2, 0.25) is 5.02 Å². The van der Waals surface area contributed by atoms with Gasteiger partial charge in [-0.2, -0.15) is 0 Å². The third kappa shape index (κ3) is 3.06. The Morgan fingerprint density at radius 2 is 2.06 bits per heavy atom. The number of hydrogen-bond donors (Lipinski definition) is 2. The molecule has 94 valence electrons. The van der Waals surface area contributed by atoms with Crippen LogP contribution < -0.4 is 11.1 Å². The summed E-state index contributed by atoms with van der Waals surface area (Å²) in [6, 6.07) is 6.68. The molecule has 18 heavy (non-hydrogen) atoms. The van der Waals surface area contributed by atoms with Gasteiger partial charge in [-0.05, 0) is 56.1 Å². The number of carbonyl (C=O) groups is 1. The lowest BCUT2D eigenvalue weighted by Gasteiger charge is -2.07. The number of nitrogen functional groups attached to an aromatic ring is 1. The number of nitrogens with two attached hydrogens (primary N) is 1. The van der Waals surface area contributed by atoms with Crippen molar-refractivity contribution in [3.63, 3.8) is 0 Å². The van der Waals surface area contributed by atoms with Crippen LogP contribution in [0.15, 0.2) is 31.8 Å². The first-order valence-corrected chi connectivity index (χ1v) is 7.56. The second-order valence-electron chi connectivity index (χ2n) is 3.42. The normalized spacial score (nSPS) is 10.4. The highest BCUT2D eigenvalue weighted by molar-refractivity contribution is 9.12. The van der Waals surface area contributed by atoms with E-state index in [0.29, 0.717) is 22.0 Å². The lowest BCUT2D eigenvalue weighted by Crippen LogP contribution is -2.12. The predicted octanol–water partition coefficient (Wildman–Crippen LogP) is 4.76. The van der Waals surface area contributed by atoms with Crippen molar-refractivity contribution >= 4 is 72.1 Å². The number of rotatable bonds is 2. The van der Waals surface area contributed by atoms with E-state index in [-0.39, 0.29) is 5.91 Å². The molecule has 1 heterocycles. The molecule has 0 atom stereocenters. The van der Waals surface area contributed by atoms with Crippen LogP contribution in [0.1, 0.15) is 10.4 Å². The average molecular weight is 411 g/mol. The maximum atomic E-state index is 12.0. The number of carbonyl (C=O) groups excluding carboxylic acids is 1. The molecule has 2 rings (SSSR count). The molecule has 7 heteroatoms. The van der Waals surface area contributed by atoms with Crippen molar-refractivity contribution in [3.05, 3.63) is 42.4 Å². The Bertz CT molecular complexity index is 615. The number of anilines is 2. The van der Waals surface area contributed by atoms with Gasteiger partial charge in [-0.15, -0.1) is 11.3 Å². The molecule has 0 aliphatic rings. The first-order chi connectivity index (χ1) is 8.47. The Morgan fingerprint density at radius 3 is 2.61 bits per heavy atom. The van der Waals surface area contributed by atoms with Crippen molar-refractivity contribution in [3.8, 4) is 0 Å². The molecule has 0 bridgehead atoms. The van der Waals surface area contributed by atoms with Gasteiger partial charge in [0.25, 0.3) is 5.91 Å². The highest BCUT2D eigenvalue weighted by Gasteiger charge is 2.14. The molecule has 0 saturated heterocycles. The number of thiophene rings is 1. The SMILES string of the molecule is Nc1cc(Cl)ccc1NC(=O)c1cc(Br)sc1Br. The molecule has 0 fully saturated rings.